The number of nitrogens with one attached hydrogen (secondary N) is 2. The van der Waals surface area contributed by atoms with Crippen LogP contribution in [0.1, 0.15) is 19.4 Å². The summed E-state index contributed by atoms with van der Waals surface area (Å²) in [5.74, 6) is 0.520. The number of carbonyl (C=O) groups is 1. The van der Waals surface area contributed by atoms with Gasteiger partial charge in [0.25, 0.3) is 0 Å². The third-order valence-corrected chi connectivity index (χ3v) is 3.09. The second-order valence-corrected chi connectivity index (χ2v) is 5.21. The number of carbonyl (C=O) groups excluding carboxylic acids is 1. The zero-order valence-corrected chi connectivity index (χ0v) is 11.7. The second-order valence-electron chi connectivity index (χ2n) is 5.21. The lowest BCUT2D eigenvalue weighted by Crippen LogP contribution is -2.39. The van der Waals surface area contributed by atoms with E-state index in [1.165, 1.54) is 0 Å². The third kappa shape index (κ3) is 2.67. The normalized spacial score (nSPS) is 11.6. The van der Waals surface area contributed by atoms with Gasteiger partial charge in [-0.05, 0) is 32.4 Å². The Morgan fingerprint density at radius 2 is 2.21 bits per heavy atom. The molecule has 0 unspecified atom stereocenters. The molecule has 2 N–H and O–H groups in total. The van der Waals surface area contributed by atoms with E-state index in [4.69, 9.17) is 0 Å². The number of fused-ring (bicyclic) bond motifs is 1. The Morgan fingerprint density at radius 3 is 2.84 bits per heavy atom. The van der Waals surface area contributed by atoms with Crippen molar-refractivity contribution < 1.29 is 4.79 Å². The monoisotopic (exact) mass is 261 g/mol. The topological polar surface area (TPSA) is 71.3 Å². The number of nitrogens with zero attached hydrogens (tertiary/aromatic N) is 3. The van der Waals surface area contributed by atoms with Crippen LogP contribution in [0.3, 0.4) is 0 Å². The van der Waals surface area contributed by atoms with Crippen molar-refractivity contribution in [1.82, 2.24) is 19.9 Å². The first-order valence-corrected chi connectivity index (χ1v) is 6.22. The quantitative estimate of drug-likeness (QED) is 0.868. The average Bonchev–Trinajstić information content (AvgIpc) is 2.80. The van der Waals surface area contributed by atoms with E-state index in [-0.39, 0.29) is 5.91 Å². The van der Waals surface area contributed by atoms with Crippen molar-refractivity contribution in [2.45, 2.75) is 20.8 Å². The summed E-state index contributed by atoms with van der Waals surface area (Å²) in [7, 11) is 1.64. The molecule has 6 nitrogen and oxygen atoms in total. The first kappa shape index (κ1) is 13.3. The molecule has 2 aromatic heterocycles. The molecular weight excluding hydrogens is 242 g/mol. The molecule has 0 radical (unpaired) electrons. The molecule has 0 aromatic carbocycles. The maximum Gasteiger partial charge on any atom is 0.243 e. The van der Waals surface area contributed by atoms with Gasteiger partial charge in [-0.3, -0.25) is 4.79 Å². The molecule has 0 saturated heterocycles. The van der Waals surface area contributed by atoms with E-state index < -0.39 is 5.41 Å². The summed E-state index contributed by atoms with van der Waals surface area (Å²) in [5.41, 5.74) is 1.37. The summed E-state index contributed by atoms with van der Waals surface area (Å²) >= 11 is 0. The molecule has 6 heteroatoms. The predicted molar refractivity (Wildman–Crippen MR) is 74.1 cm³/mol. The van der Waals surface area contributed by atoms with Gasteiger partial charge in [0.05, 0.1) is 5.41 Å². The summed E-state index contributed by atoms with van der Waals surface area (Å²) in [6, 6.07) is 3.91. The third-order valence-electron chi connectivity index (χ3n) is 3.09. The lowest BCUT2D eigenvalue weighted by atomic mass is 9.92. The van der Waals surface area contributed by atoms with Crippen LogP contribution in [0.15, 0.2) is 18.3 Å². The molecule has 1 amide bonds. The number of hydrogen-bond donors (Lipinski definition) is 2. The summed E-state index contributed by atoms with van der Waals surface area (Å²) in [4.78, 5) is 16.1. The first-order valence-electron chi connectivity index (χ1n) is 6.22. The lowest BCUT2D eigenvalue weighted by Gasteiger charge is -2.22. The van der Waals surface area contributed by atoms with Gasteiger partial charge in [0.15, 0.2) is 5.65 Å². The molecule has 0 spiro atoms. The van der Waals surface area contributed by atoms with Crippen LogP contribution in [0, 0.1) is 12.3 Å². The number of pyridine rings is 1. The minimum Gasteiger partial charge on any atom is -0.359 e. The van der Waals surface area contributed by atoms with Crippen LogP contribution in [0.2, 0.25) is 0 Å². The van der Waals surface area contributed by atoms with Crippen LogP contribution in [-0.4, -0.2) is 34.1 Å². The van der Waals surface area contributed by atoms with Crippen molar-refractivity contribution in [2.24, 2.45) is 5.41 Å². The molecule has 2 rings (SSSR count). The molecule has 0 aliphatic heterocycles. The minimum absolute atomic E-state index is 0.0139. The smallest absolute Gasteiger partial charge is 0.243 e. The number of hydrogen-bond acceptors (Lipinski definition) is 4. The highest BCUT2D eigenvalue weighted by atomic mass is 16.2. The summed E-state index contributed by atoms with van der Waals surface area (Å²) in [6.45, 7) is 6.21. The highest BCUT2D eigenvalue weighted by Crippen LogP contribution is 2.16. The zero-order chi connectivity index (χ0) is 14.0. The van der Waals surface area contributed by atoms with E-state index in [2.05, 4.69) is 20.7 Å². The zero-order valence-electron chi connectivity index (χ0n) is 11.7. The Labute approximate surface area is 112 Å². The van der Waals surface area contributed by atoms with Crippen molar-refractivity contribution >= 4 is 17.5 Å². The second kappa shape index (κ2) is 4.87. The van der Waals surface area contributed by atoms with Crippen LogP contribution in [0.4, 0.5) is 5.95 Å². The summed E-state index contributed by atoms with van der Waals surface area (Å²) in [5, 5.41) is 10.1. The number of rotatable bonds is 4. The largest absolute Gasteiger partial charge is 0.359 e. The van der Waals surface area contributed by atoms with Crippen LogP contribution >= 0.6 is 0 Å². The van der Waals surface area contributed by atoms with Gasteiger partial charge in [0.1, 0.15) is 0 Å². The lowest BCUT2D eigenvalue weighted by molar-refractivity contribution is -0.128. The van der Waals surface area contributed by atoms with Crippen LogP contribution in [-0.2, 0) is 4.79 Å². The molecule has 0 aliphatic rings. The molecule has 0 aliphatic carbocycles. The molecule has 0 bridgehead atoms. The summed E-state index contributed by atoms with van der Waals surface area (Å²) < 4.78 is 1.73. The number of aromatic nitrogens is 3. The van der Waals surface area contributed by atoms with E-state index in [0.29, 0.717) is 12.5 Å². The van der Waals surface area contributed by atoms with Crippen molar-refractivity contribution in [1.29, 1.82) is 0 Å². The van der Waals surface area contributed by atoms with E-state index in [1.807, 2.05) is 39.1 Å². The fraction of sp³-hybridized carbons (Fsp3) is 0.462. The highest BCUT2D eigenvalue weighted by molar-refractivity contribution is 5.82. The Balaban J connectivity index is 2.14. The van der Waals surface area contributed by atoms with E-state index in [1.54, 1.807) is 11.6 Å². The Hall–Kier alpha value is -2.11. The average molecular weight is 261 g/mol. The van der Waals surface area contributed by atoms with Crippen LogP contribution < -0.4 is 10.6 Å². The van der Waals surface area contributed by atoms with Gasteiger partial charge in [-0.15, -0.1) is 5.10 Å². The predicted octanol–water partition coefficient (Wildman–Crippen LogP) is 1.22. The first-order chi connectivity index (χ1) is 8.94. The van der Waals surface area contributed by atoms with E-state index in [9.17, 15) is 4.79 Å². The van der Waals surface area contributed by atoms with Crippen LogP contribution in [0.25, 0.3) is 5.65 Å². The SMILES string of the molecule is CNC(=O)C(C)(C)CNc1nc2c(C)cccn2n1. The van der Waals surface area contributed by atoms with Gasteiger partial charge >= 0.3 is 0 Å². The Bertz CT molecular complexity index is 602. The van der Waals surface area contributed by atoms with Crippen LogP contribution in [0.5, 0.6) is 0 Å². The van der Waals surface area contributed by atoms with E-state index >= 15 is 0 Å². The van der Waals surface area contributed by atoms with E-state index in [0.717, 1.165) is 11.2 Å². The van der Waals surface area contributed by atoms with Gasteiger partial charge in [-0.25, -0.2) is 4.52 Å². The molecule has 0 atom stereocenters. The van der Waals surface area contributed by atoms with Gasteiger partial charge in [-0.2, -0.15) is 4.98 Å². The molecular formula is C13H19N5O. The Kier molecular flexibility index (Phi) is 3.42. The molecule has 2 heterocycles. The van der Waals surface area contributed by atoms with Crippen molar-refractivity contribution in [3.63, 3.8) is 0 Å². The van der Waals surface area contributed by atoms with Crippen molar-refractivity contribution in [2.75, 3.05) is 18.9 Å². The maximum atomic E-state index is 11.7. The molecule has 2 aromatic rings. The highest BCUT2D eigenvalue weighted by Gasteiger charge is 2.26. The van der Waals surface area contributed by atoms with Gasteiger partial charge < -0.3 is 10.6 Å². The molecule has 102 valence electrons. The fourth-order valence-electron chi connectivity index (χ4n) is 1.83. The van der Waals surface area contributed by atoms with Crippen molar-refractivity contribution in [3.8, 4) is 0 Å². The number of amides is 1. The maximum absolute atomic E-state index is 11.7. The standard InChI is InChI=1S/C13H19N5O/c1-9-6-5-7-18-10(9)16-12(17-18)15-8-13(2,3)11(19)14-4/h5-7H,8H2,1-4H3,(H,14,19)(H,15,17). The van der Waals surface area contributed by atoms with Gasteiger partial charge in [0.2, 0.25) is 11.9 Å². The molecule has 19 heavy (non-hydrogen) atoms. The van der Waals surface area contributed by atoms with Crippen molar-refractivity contribution in [3.05, 3.63) is 23.9 Å². The summed E-state index contributed by atoms with van der Waals surface area (Å²) in [6.07, 6.45) is 1.85. The molecule has 0 fully saturated rings. The number of aryl methyl sites for hydroxylation is 1. The van der Waals surface area contributed by atoms with Gasteiger partial charge in [-0.1, -0.05) is 6.07 Å². The number of anilines is 1. The fourth-order valence-corrected chi connectivity index (χ4v) is 1.83. The molecule has 0 saturated carbocycles. The van der Waals surface area contributed by atoms with Gasteiger partial charge in [0, 0.05) is 19.8 Å². The minimum atomic E-state index is -0.513. The Morgan fingerprint density at radius 1 is 1.47 bits per heavy atom.